The minimum absolute atomic E-state index is 0.0349. The molecule has 0 fully saturated rings. The van der Waals surface area contributed by atoms with E-state index >= 15 is 0 Å². The van der Waals surface area contributed by atoms with E-state index in [1.165, 1.54) is 28.6 Å². The van der Waals surface area contributed by atoms with Gasteiger partial charge in [-0.3, -0.25) is 4.72 Å². The highest BCUT2D eigenvalue weighted by Gasteiger charge is 2.23. The summed E-state index contributed by atoms with van der Waals surface area (Å²) < 4.78 is 59.5. The number of ether oxygens (including phenoxy) is 1. The molecule has 0 atom stereocenters. The van der Waals surface area contributed by atoms with Crippen LogP contribution in [0.1, 0.15) is 20.8 Å². The minimum atomic E-state index is -3.89. The van der Waals surface area contributed by atoms with Crippen molar-refractivity contribution in [2.24, 2.45) is 0 Å². The first-order chi connectivity index (χ1) is 12.8. The van der Waals surface area contributed by atoms with Gasteiger partial charge in [0.25, 0.3) is 10.0 Å². The lowest BCUT2D eigenvalue weighted by Gasteiger charge is -2.18. The summed E-state index contributed by atoms with van der Waals surface area (Å²) in [5.41, 5.74) is 0.319. The summed E-state index contributed by atoms with van der Waals surface area (Å²) >= 11 is 0. The Labute approximate surface area is 161 Å². The molecule has 2 rings (SSSR count). The van der Waals surface area contributed by atoms with Crippen LogP contribution in [0.25, 0.3) is 0 Å². The van der Waals surface area contributed by atoms with Gasteiger partial charge in [0.1, 0.15) is 5.75 Å². The zero-order valence-corrected chi connectivity index (χ0v) is 17.2. The van der Waals surface area contributed by atoms with Crippen LogP contribution in [0.5, 0.6) is 5.75 Å². The van der Waals surface area contributed by atoms with Gasteiger partial charge in [0.05, 0.1) is 22.1 Å². The summed E-state index contributed by atoms with van der Waals surface area (Å²) in [4.78, 5) is 0.0205. The van der Waals surface area contributed by atoms with Crippen LogP contribution >= 0.6 is 0 Å². The topological polar surface area (TPSA) is 92.8 Å². The molecule has 0 saturated carbocycles. The van der Waals surface area contributed by atoms with Gasteiger partial charge in [0.15, 0.2) is 0 Å². The quantitative estimate of drug-likeness (QED) is 0.684. The third-order valence-electron chi connectivity index (χ3n) is 3.91. The number of para-hydroxylation sites is 2. The summed E-state index contributed by atoms with van der Waals surface area (Å²) in [6, 6.07) is 11.9. The molecule has 0 bridgehead atoms. The molecule has 0 heterocycles. The SMILES string of the molecule is CCOc1ccccc1NS(=O)(=O)c1ccc(S(=O)(=O)N(CC)CC)cc1. The molecular weight excluding hydrogens is 388 g/mol. The molecule has 0 saturated heterocycles. The van der Waals surface area contributed by atoms with Crippen molar-refractivity contribution in [2.75, 3.05) is 24.4 Å². The molecule has 0 radical (unpaired) electrons. The summed E-state index contributed by atoms with van der Waals surface area (Å²) in [6.45, 7) is 6.39. The van der Waals surface area contributed by atoms with Crippen LogP contribution < -0.4 is 9.46 Å². The van der Waals surface area contributed by atoms with E-state index < -0.39 is 20.0 Å². The monoisotopic (exact) mass is 412 g/mol. The van der Waals surface area contributed by atoms with E-state index in [4.69, 9.17) is 4.74 Å². The lowest BCUT2D eigenvalue weighted by atomic mass is 10.3. The van der Waals surface area contributed by atoms with Crippen LogP contribution in [0.15, 0.2) is 58.3 Å². The number of benzene rings is 2. The fourth-order valence-corrected chi connectivity index (χ4v) is 5.07. The number of anilines is 1. The van der Waals surface area contributed by atoms with Gasteiger partial charge in [-0.15, -0.1) is 0 Å². The fourth-order valence-electron chi connectivity index (χ4n) is 2.54. The second kappa shape index (κ2) is 8.73. The van der Waals surface area contributed by atoms with E-state index in [9.17, 15) is 16.8 Å². The standard InChI is InChI=1S/C18H24N2O5S2/c1-4-20(5-2)27(23,24)16-13-11-15(12-14-16)26(21,22)19-17-9-7-8-10-18(17)25-6-3/h7-14,19H,4-6H2,1-3H3. The van der Waals surface area contributed by atoms with Crippen LogP contribution in [0.3, 0.4) is 0 Å². The summed E-state index contributed by atoms with van der Waals surface area (Å²) in [6.07, 6.45) is 0. The van der Waals surface area contributed by atoms with Crippen LogP contribution in [-0.2, 0) is 20.0 Å². The Bertz CT molecular complexity index is 967. The first-order valence-electron chi connectivity index (χ1n) is 8.61. The molecule has 0 amide bonds. The van der Waals surface area contributed by atoms with Gasteiger partial charge in [-0.2, -0.15) is 4.31 Å². The first kappa shape index (κ1) is 21.2. The predicted molar refractivity (Wildman–Crippen MR) is 105 cm³/mol. The van der Waals surface area contributed by atoms with E-state index in [1.807, 2.05) is 0 Å². The normalized spacial score (nSPS) is 12.1. The minimum Gasteiger partial charge on any atom is -0.492 e. The highest BCUT2D eigenvalue weighted by Crippen LogP contribution is 2.27. The van der Waals surface area contributed by atoms with E-state index in [0.29, 0.717) is 31.1 Å². The maximum Gasteiger partial charge on any atom is 0.262 e. The largest absolute Gasteiger partial charge is 0.492 e. The molecule has 2 aromatic carbocycles. The third-order valence-corrected chi connectivity index (χ3v) is 7.35. The van der Waals surface area contributed by atoms with E-state index in [0.717, 1.165) is 0 Å². The number of hydrogen-bond donors (Lipinski definition) is 1. The Kier molecular flexibility index (Phi) is 6.85. The molecule has 7 nitrogen and oxygen atoms in total. The van der Waals surface area contributed by atoms with Gasteiger partial charge in [-0.05, 0) is 43.3 Å². The zero-order chi connectivity index (χ0) is 20.1. The molecule has 0 unspecified atom stereocenters. The molecule has 9 heteroatoms. The average molecular weight is 413 g/mol. The average Bonchev–Trinajstić information content (AvgIpc) is 2.64. The van der Waals surface area contributed by atoms with Crippen LogP contribution in [0, 0.1) is 0 Å². The van der Waals surface area contributed by atoms with Crippen molar-refractivity contribution in [3.63, 3.8) is 0 Å². The van der Waals surface area contributed by atoms with Gasteiger partial charge < -0.3 is 4.74 Å². The highest BCUT2D eigenvalue weighted by atomic mass is 32.2. The molecule has 0 aliphatic heterocycles. The highest BCUT2D eigenvalue weighted by molar-refractivity contribution is 7.92. The zero-order valence-electron chi connectivity index (χ0n) is 15.5. The molecular formula is C18H24N2O5S2. The number of nitrogens with one attached hydrogen (secondary N) is 1. The third kappa shape index (κ3) is 4.79. The van der Waals surface area contributed by atoms with Crippen molar-refractivity contribution < 1.29 is 21.6 Å². The summed E-state index contributed by atoms with van der Waals surface area (Å²) in [7, 11) is -7.52. The maximum atomic E-state index is 12.6. The Morgan fingerprint density at radius 1 is 0.852 bits per heavy atom. The molecule has 0 aliphatic rings. The predicted octanol–water partition coefficient (Wildman–Crippen LogP) is 2.92. The number of nitrogens with zero attached hydrogens (tertiary/aromatic N) is 1. The van der Waals surface area contributed by atoms with Crippen molar-refractivity contribution in [2.45, 2.75) is 30.6 Å². The van der Waals surface area contributed by atoms with Gasteiger partial charge in [-0.25, -0.2) is 16.8 Å². The molecule has 148 valence electrons. The van der Waals surface area contributed by atoms with E-state index in [1.54, 1.807) is 45.0 Å². The molecule has 1 N–H and O–H groups in total. The smallest absolute Gasteiger partial charge is 0.262 e. The van der Waals surface area contributed by atoms with Gasteiger partial charge >= 0.3 is 0 Å². The Morgan fingerprint density at radius 2 is 1.41 bits per heavy atom. The summed E-state index contributed by atoms with van der Waals surface area (Å²) in [5, 5.41) is 0. The van der Waals surface area contributed by atoms with E-state index in [2.05, 4.69) is 4.72 Å². The molecule has 2 aromatic rings. The van der Waals surface area contributed by atoms with Crippen LogP contribution in [-0.4, -0.2) is 40.8 Å². The Balaban J connectivity index is 2.31. The van der Waals surface area contributed by atoms with Crippen LogP contribution in [0.4, 0.5) is 5.69 Å². The van der Waals surface area contributed by atoms with Gasteiger partial charge in [0, 0.05) is 13.1 Å². The molecule has 0 aliphatic carbocycles. The first-order valence-corrected chi connectivity index (χ1v) is 11.5. The van der Waals surface area contributed by atoms with Crippen molar-refractivity contribution in [3.05, 3.63) is 48.5 Å². The number of sulfonamides is 2. The summed E-state index contributed by atoms with van der Waals surface area (Å²) in [5.74, 6) is 0.421. The Morgan fingerprint density at radius 3 is 1.96 bits per heavy atom. The van der Waals surface area contributed by atoms with E-state index in [-0.39, 0.29) is 9.79 Å². The van der Waals surface area contributed by atoms with Crippen molar-refractivity contribution >= 4 is 25.7 Å². The lowest BCUT2D eigenvalue weighted by molar-refractivity contribution is 0.342. The fraction of sp³-hybridized carbons (Fsp3) is 0.333. The van der Waals surface area contributed by atoms with Gasteiger partial charge in [-0.1, -0.05) is 26.0 Å². The van der Waals surface area contributed by atoms with Crippen molar-refractivity contribution in [1.29, 1.82) is 0 Å². The second-order valence-corrected chi connectivity index (χ2v) is 9.22. The lowest BCUT2D eigenvalue weighted by Crippen LogP contribution is -2.30. The van der Waals surface area contributed by atoms with Gasteiger partial charge in [0.2, 0.25) is 10.0 Å². The second-order valence-electron chi connectivity index (χ2n) is 5.60. The van der Waals surface area contributed by atoms with Crippen LogP contribution in [0.2, 0.25) is 0 Å². The molecule has 27 heavy (non-hydrogen) atoms. The Hall–Kier alpha value is -2.10. The maximum absolute atomic E-state index is 12.6. The van der Waals surface area contributed by atoms with Crippen molar-refractivity contribution in [1.82, 2.24) is 4.31 Å². The molecule has 0 spiro atoms. The molecule has 0 aromatic heterocycles. The number of hydrogen-bond acceptors (Lipinski definition) is 5. The van der Waals surface area contributed by atoms with Crippen molar-refractivity contribution in [3.8, 4) is 5.75 Å². The number of rotatable bonds is 9.